The number of hydrogen-bond acceptors (Lipinski definition) is 12. The molecule has 4 N–H and O–H groups in total. The van der Waals surface area contributed by atoms with Gasteiger partial charge in [0, 0.05) is 57.9 Å². The predicted molar refractivity (Wildman–Crippen MR) is 216 cm³/mol. The van der Waals surface area contributed by atoms with Crippen LogP contribution < -0.4 is 25.2 Å². The van der Waals surface area contributed by atoms with Gasteiger partial charge in [0.25, 0.3) is 0 Å². The third-order valence-electron chi connectivity index (χ3n) is 12.3. The molecular formula is C41H49F7N8O6S. The third kappa shape index (κ3) is 11.4. The molecule has 0 spiro atoms. The predicted octanol–water partition coefficient (Wildman–Crippen LogP) is 5.66. The number of imide groups is 1. The summed E-state index contributed by atoms with van der Waals surface area (Å²) in [6, 6.07) is 6.51. The number of ether oxygens (including phenoxy) is 1. The molecule has 14 nitrogen and oxygen atoms in total. The van der Waals surface area contributed by atoms with Crippen LogP contribution in [0.5, 0.6) is 0 Å². The van der Waals surface area contributed by atoms with E-state index in [2.05, 4.69) is 25.3 Å². The SMILES string of the molecule is CC1(O)CCN(c2nc(Nc3ccc(S(=O)(=O)NC4CCC(CN5CCN(c6ccc(C7CCC(=O)NC7=O)cc6F)C[C@@H]5COC(F)F)CC4)cc3F)ncc2C(F)(F)F)CC1. The second kappa shape index (κ2) is 18.8. The van der Waals surface area contributed by atoms with Crippen LogP contribution in [0.2, 0.25) is 0 Å². The third-order valence-corrected chi connectivity index (χ3v) is 13.9. The van der Waals surface area contributed by atoms with Crippen molar-refractivity contribution < 1.29 is 58.6 Å². The number of carbonyl (C=O) groups is 2. The Morgan fingerprint density at radius 1 is 0.968 bits per heavy atom. The normalized spacial score (nSPS) is 23.8. The minimum Gasteiger partial charge on any atom is -0.390 e. The quantitative estimate of drug-likeness (QED) is 0.123. The lowest BCUT2D eigenvalue weighted by molar-refractivity contribution is -0.142. The topological polar surface area (TPSA) is 169 Å². The fourth-order valence-corrected chi connectivity index (χ4v) is 10.1. The number of aromatic nitrogens is 2. The van der Waals surface area contributed by atoms with E-state index in [1.54, 1.807) is 24.0 Å². The van der Waals surface area contributed by atoms with Gasteiger partial charge in [-0.3, -0.25) is 19.8 Å². The largest absolute Gasteiger partial charge is 0.421 e. The number of amides is 2. The summed E-state index contributed by atoms with van der Waals surface area (Å²) in [5.74, 6) is -3.82. The number of piperidine rings is 2. The highest BCUT2D eigenvalue weighted by atomic mass is 32.2. The van der Waals surface area contributed by atoms with Gasteiger partial charge in [0.15, 0.2) is 0 Å². The Balaban J connectivity index is 0.936. The van der Waals surface area contributed by atoms with E-state index in [1.807, 2.05) is 4.90 Å². The molecule has 4 aliphatic rings. The number of nitrogens with one attached hydrogen (secondary N) is 3. The van der Waals surface area contributed by atoms with E-state index in [9.17, 15) is 45.1 Å². The number of alkyl halides is 5. The van der Waals surface area contributed by atoms with Crippen LogP contribution in [0.4, 0.5) is 53.9 Å². The summed E-state index contributed by atoms with van der Waals surface area (Å²) in [5.41, 5.74) is -1.71. The lowest BCUT2D eigenvalue weighted by Crippen LogP contribution is -2.56. The maximum absolute atomic E-state index is 15.5. The molecule has 1 aliphatic carbocycles. The first-order valence-electron chi connectivity index (χ1n) is 20.8. The lowest BCUT2D eigenvalue weighted by atomic mass is 9.85. The Kier molecular flexibility index (Phi) is 13.9. The number of carbonyl (C=O) groups excluding carboxylic acids is 2. The van der Waals surface area contributed by atoms with Gasteiger partial charge in [-0.05, 0) is 93.7 Å². The maximum Gasteiger partial charge on any atom is 0.421 e. The molecule has 344 valence electrons. The fourth-order valence-electron chi connectivity index (χ4n) is 8.74. The first kappa shape index (κ1) is 46.4. The van der Waals surface area contributed by atoms with E-state index in [0.29, 0.717) is 57.1 Å². The zero-order valence-electron chi connectivity index (χ0n) is 34.3. The molecule has 3 aromatic rings. The number of aliphatic hydroxyl groups is 1. The van der Waals surface area contributed by atoms with E-state index in [1.165, 1.54) is 11.0 Å². The average molecular weight is 915 g/mol. The number of hydrogen-bond donors (Lipinski definition) is 4. The number of halogens is 7. The summed E-state index contributed by atoms with van der Waals surface area (Å²) in [6.45, 7) is -0.0659. The molecule has 4 fully saturated rings. The molecule has 0 bridgehead atoms. The molecule has 0 radical (unpaired) electrons. The minimum absolute atomic E-state index is 0.0800. The zero-order valence-corrected chi connectivity index (χ0v) is 35.1. The first-order valence-corrected chi connectivity index (χ1v) is 22.3. The van der Waals surface area contributed by atoms with Crippen molar-refractivity contribution in [2.24, 2.45) is 5.92 Å². The Bertz CT molecular complexity index is 2250. The minimum atomic E-state index is -4.78. The molecule has 2 aromatic carbocycles. The van der Waals surface area contributed by atoms with Gasteiger partial charge in [0.1, 0.15) is 23.0 Å². The summed E-state index contributed by atoms with van der Waals surface area (Å²) >= 11 is 0. The maximum atomic E-state index is 15.5. The van der Waals surface area contributed by atoms with Gasteiger partial charge < -0.3 is 25.0 Å². The van der Waals surface area contributed by atoms with Gasteiger partial charge >= 0.3 is 12.8 Å². The summed E-state index contributed by atoms with van der Waals surface area (Å²) < 4.78 is 133. The molecule has 3 saturated heterocycles. The van der Waals surface area contributed by atoms with E-state index in [0.717, 1.165) is 18.2 Å². The molecule has 1 saturated carbocycles. The van der Waals surface area contributed by atoms with Crippen molar-refractivity contribution in [1.29, 1.82) is 0 Å². The van der Waals surface area contributed by atoms with Crippen LogP contribution in [0.25, 0.3) is 0 Å². The average Bonchev–Trinajstić information content (AvgIpc) is 3.21. The number of rotatable bonds is 13. The van der Waals surface area contributed by atoms with E-state index in [4.69, 9.17) is 4.74 Å². The Hall–Kier alpha value is -4.64. The fraction of sp³-hybridized carbons (Fsp3) is 0.561. The van der Waals surface area contributed by atoms with Crippen molar-refractivity contribution in [1.82, 2.24) is 24.9 Å². The molecular weight excluding hydrogens is 866 g/mol. The van der Waals surface area contributed by atoms with Crippen LogP contribution in [0.3, 0.4) is 0 Å². The van der Waals surface area contributed by atoms with Gasteiger partial charge in [0.05, 0.1) is 40.4 Å². The monoisotopic (exact) mass is 914 g/mol. The number of sulfonamides is 1. The highest BCUT2D eigenvalue weighted by Gasteiger charge is 2.39. The van der Waals surface area contributed by atoms with Crippen molar-refractivity contribution >= 4 is 45.0 Å². The Morgan fingerprint density at radius 2 is 1.70 bits per heavy atom. The Morgan fingerprint density at radius 3 is 2.35 bits per heavy atom. The number of nitrogens with zero attached hydrogens (tertiary/aromatic N) is 5. The number of piperazine rings is 1. The summed E-state index contributed by atoms with van der Waals surface area (Å²) in [4.78, 5) is 36.4. The molecule has 1 unspecified atom stereocenters. The zero-order chi connectivity index (χ0) is 45.3. The van der Waals surface area contributed by atoms with Gasteiger partial charge in [-0.15, -0.1) is 0 Å². The standard InChI is InChI=1S/C41H49F7N8O6S/c1-40(59)12-14-54(15-13-40)36-30(41(46,47)48)20-49-39(52-36)50-33-9-7-28(19-31(33)42)63(60,61)53-26-5-2-24(3-6-26)21-55-16-17-56(22-27(55)23-62-38(44)45)34-10-4-25(18-32(34)43)29-8-11-35(57)51-37(29)58/h4,7,9-10,18-20,24,26-27,29,38,53,59H,2-3,5-6,8,11-17,21-23H2,1H3,(H,49,50,52)(H,51,57,58)/t24?,26?,27-,29?/m1/s1. The molecule has 2 atom stereocenters. The van der Waals surface area contributed by atoms with Crippen molar-refractivity contribution in [2.45, 2.75) is 99.6 Å². The summed E-state index contributed by atoms with van der Waals surface area (Å²) in [7, 11) is -4.21. The molecule has 1 aromatic heterocycles. The lowest BCUT2D eigenvalue weighted by Gasteiger charge is -2.44. The van der Waals surface area contributed by atoms with Crippen LogP contribution in [0, 0.1) is 17.6 Å². The summed E-state index contributed by atoms with van der Waals surface area (Å²) in [6.07, 6.45) is -1.31. The molecule has 4 heterocycles. The van der Waals surface area contributed by atoms with Crippen LogP contribution in [0.1, 0.15) is 75.3 Å². The molecule has 2 amide bonds. The first-order chi connectivity index (χ1) is 29.7. The van der Waals surface area contributed by atoms with Crippen molar-refractivity contribution in [3.05, 3.63) is 65.4 Å². The van der Waals surface area contributed by atoms with Crippen LogP contribution in [0.15, 0.2) is 47.5 Å². The van der Waals surface area contributed by atoms with Crippen molar-refractivity contribution in [2.75, 3.05) is 61.0 Å². The molecule has 3 aliphatic heterocycles. The molecule has 22 heteroatoms. The second-order valence-corrected chi connectivity index (χ2v) is 18.6. The highest BCUT2D eigenvalue weighted by molar-refractivity contribution is 7.89. The number of benzene rings is 2. The van der Waals surface area contributed by atoms with Gasteiger partial charge in [-0.25, -0.2) is 26.9 Å². The highest BCUT2D eigenvalue weighted by Crippen LogP contribution is 2.38. The van der Waals surface area contributed by atoms with Gasteiger partial charge in [0.2, 0.25) is 27.8 Å². The van der Waals surface area contributed by atoms with Gasteiger partial charge in [-0.1, -0.05) is 6.07 Å². The summed E-state index contributed by atoms with van der Waals surface area (Å²) in [5, 5.41) is 15.1. The van der Waals surface area contributed by atoms with Crippen LogP contribution in [-0.2, 0) is 30.5 Å². The smallest absolute Gasteiger partial charge is 0.390 e. The van der Waals surface area contributed by atoms with Crippen LogP contribution >= 0.6 is 0 Å². The second-order valence-electron chi connectivity index (χ2n) is 16.9. The van der Waals surface area contributed by atoms with Gasteiger partial charge in [-0.2, -0.15) is 26.9 Å². The Labute approximate surface area is 359 Å². The van der Waals surface area contributed by atoms with Crippen LogP contribution in [-0.4, -0.2) is 110 Å². The molecule has 63 heavy (non-hydrogen) atoms. The van der Waals surface area contributed by atoms with Crippen molar-refractivity contribution in [3.63, 3.8) is 0 Å². The van der Waals surface area contributed by atoms with Crippen molar-refractivity contribution in [3.8, 4) is 0 Å². The van der Waals surface area contributed by atoms with E-state index < -0.39 is 75.3 Å². The molecule has 7 rings (SSSR count). The van der Waals surface area contributed by atoms with E-state index in [-0.39, 0.29) is 86.0 Å². The number of anilines is 4. The van der Waals surface area contributed by atoms with E-state index >= 15 is 8.78 Å².